The molecule has 1 amide bonds. The summed E-state index contributed by atoms with van der Waals surface area (Å²) in [4.78, 5) is 11.3. The molecule has 1 atom stereocenters. The highest BCUT2D eigenvalue weighted by Crippen LogP contribution is 2.05. The molecule has 1 N–H and O–H groups in total. The Labute approximate surface area is 92.4 Å². The van der Waals surface area contributed by atoms with Crippen LogP contribution in [-0.2, 0) is 4.79 Å². The van der Waals surface area contributed by atoms with Gasteiger partial charge in [-0.15, -0.1) is 11.6 Å². The van der Waals surface area contributed by atoms with Crippen molar-refractivity contribution in [2.24, 2.45) is 5.92 Å². The topological polar surface area (TPSA) is 29.1 Å². The van der Waals surface area contributed by atoms with Gasteiger partial charge in [0, 0.05) is 18.3 Å². The molecule has 2 nitrogen and oxygen atoms in total. The summed E-state index contributed by atoms with van der Waals surface area (Å²) in [6.07, 6.45) is 3.43. The Morgan fingerprint density at radius 1 is 1.36 bits per heavy atom. The monoisotopic (exact) mass is 219 g/mol. The van der Waals surface area contributed by atoms with Gasteiger partial charge in [-0.2, -0.15) is 0 Å². The molecule has 0 heterocycles. The standard InChI is InChI=1S/C11H22ClNO/c1-4-10(12)7-8-13-11(14)6-5-9(2)3/h9-10H,4-8H2,1-3H3,(H,13,14). The number of carbonyl (C=O) groups is 1. The number of rotatable bonds is 7. The van der Waals surface area contributed by atoms with Crippen molar-refractivity contribution >= 4 is 17.5 Å². The van der Waals surface area contributed by atoms with Crippen molar-refractivity contribution < 1.29 is 4.79 Å². The van der Waals surface area contributed by atoms with Gasteiger partial charge in [0.25, 0.3) is 0 Å². The van der Waals surface area contributed by atoms with E-state index in [1.807, 2.05) is 0 Å². The van der Waals surface area contributed by atoms with Crippen LogP contribution in [0.15, 0.2) is 0 Å². The van der Waals surface area contributed by atoms with Gasteiger partial charge in [-0.25, -0.2) is 0 Å². The zero-order chi connectivity index (χ0) is 11.0. The lowest BCUT2D eigenvalue weighted by molar-refractivity contribution is -0.121. The molecule has 0 saturated heterocycles. The van der Waals surface area contributed by atoms with Crippen LogP contribution in [0.2, 0.25) is 0 Å². The van der Waals surface area contributed by atoms with Gasteiger partial charge in [0.15, 0.2) is 0 Å². The van der Waals surface area contributed by atoms with Crippen molar-refractivity contribution in [1.29, 1.82) is 0 Å². The van der Waals surface area contributed by atoms with Crippen LogP contribution in [-0.4, -0.2) is 17.8 Å². The van der Waals surface area contributed by atoms with E-state index in [1.54, 1.807) is 0 Å². The van der Waals surface area contributed by atoms with Crippen molar-refractivity contribution in [3.63, 3.8) is 0 Å². The first kappa shape index (κ1) is 13.8. The van der Waals surface area contributed by atoms with Crippen LogP contribution in [0.1, 0.15) is 46.5 Å². The fraction of sp³-hybridized carbons (Fsp3) is 0.909. The van der Waals surface area contributed by atoms with Gasteiger partial charge in [0.2, 0.25) is 5.91 Å². The predicted molar refractivity (Wildman–Crippen MR) is 61.6 cm³/mol. The predicted octanol–water partition coefficient (Wildman–Crippen LogP) is 2.95. The van der Waals surface area contributed by atoms with E-state index in [9.17, 15) is 4.79 Å². The maximum Gasteiger partial charge on any atom is 0.220 e. The molecule has 0 aromatic heterocycles. The third kappa shape index (κ3) is 8.36. The molecule has 0 fully saturated rings. The van der Waals surface area contributed by atoms with Crippen LogP contribution in [0.25, 0.3) is 0 Å². The number of halogens is 1. The minimum atomic E-state index is 0.152. The highest BCUT2D eigenvalue weighted by Gasteiger charge is 2.04. The first-order chi connectivity index (χ1) is 6.56. The third-order valence-electron chi connectivity index (χ3n) is 2.17. The van der Waals surface area contributed by atoms with Crippen molar-refractivity contribution in [1.82, 2.24) is 5.32 Å². The second-order valence-electron chi connectivity index (χ2n) is 4.08. The average molecular weight is 220 g/mol. The van der Waals surface area contributed by atoms with E-state index in [-0.39, 0.29) is 11.3 Å². The number of carbonyl (C=O) groups excluding carboxylic acids is 1. The number of alkyl halides is 1. The molecule has 1 unspecified atom stereocenters. The van der Waals surface area contributed by atoms with E-state index < -0.39 is 0 Å². The van der Waals surface area contributed by atoms with E-state index >= 15 is 0 Å². The summed E-state index contributed by atoms with van der Waals surface area (Å²) in [5.41, 5.74) is 0. The third-order valence-corrected chi connectivity index (χ3v) is 2.70. The van der Waals surface area contributed by atoms with Gasteiger partial charge in [-0.3, -0.25) is 4.79 Å². The Balaban J connectivity index is 3.35. The number of nitrogens with one attached hydrogen (secondary N) is 1. The Bertz CT molecular complexity index is 159. The quantitative estimate of drug-likeness (QED) is 0.656. The first-order valence-corrected chi connectivity index (χ1v) is 5.90. The molecule has 0 spiro atoms. The molecule has 3 heteroatoms. The Hall–Kier alpha value is -0.240. The van der Waals surface area contributed by atoms with E-state index in [4.69, 9.17) is 11.6 Å². The summed E-state index contributed by atoms with van der Waals surface area (Å²) in [5, 5.41) is 3.07. The van der Waals surface area contributed by atoms with Crippen LogP contribution >= 0.6 is 11.6 Å². The molecule has 84 valence electrons. The lowest BCUT2D eigenvalue weighted by Crippen LogP contribution is -2.26. The number of hydrogen-bond acceptors (Lipinski definition) is 1. The zero-order valence-corrected chi connectivity index (χ0v) is 10.2. The maximum absolute atomic E-state index is 11.3. The SMILES string of the molecule is CCC(Cl)CCNC(=O)CCC(C)C. The lowest BCUT2D eigenvalue weighted by atomic mass is 10.1. The minimum Gasteiger partial charge on any atom is -0.356 e. The highest BCUT2D eigenvalue weighted by molar-refractivity contribution is 6.20. The van der Waals surface area contributed by atoms with Gasteiger partial charge in [0.05, 0.1) is 0 Å². The lowest BCUT2D eigenvalue weighted by Gasteiger charge is -2.08. The summed E-state index contributed by atoms with van der Waals surface area (Å²) in [7, 11) is 0. The minimum absolute atomic E-state index is 0.152. The molecule has 0 saturated carbocycles. The highest BCUT2D eigenvalue weighted by atomic mass is 35.5. The van der Waals surface area contributed by atoms with Gasteiger partial charge in [0.1, 0.15) is 0 Å². The molecule has 0 rings (SSSR count). The van der Waals surface area contributed by atoms with Crippen molar-refractivity contribution in [2.75, 3.05) is 6.54 Å². The van der Waals surface area contributed by atoms with E-state index in [1.165, 1.54) is 0 Å². The molecule has 0 bridgehead atoms. The summed E-state index contributed by atoms with van der Waals surface area (Å²) in [6, 6.07) is 0. The normalized spacial score (nSPS) is 12.9. The fourth-order valence-corrected chi connectivity index (χ4v) is 1.19. The smallest absolute Gasteiger partial charge is 0.220 e. The Kier molecular flexibility index (Phi) is 7.96. The molecule has 14 heavy (non-hydrogen) atoms. The van der Waals surface area contributed by atoms with Crippen molar-refractivity contribution in [2.45, 2.75) is 51.8 Å². The molecule has 0 aliphatic rings. The fourth-order valence-electron chi connectivity index (χ4n) is 1.08. The molecule has 0 radical (unpaired) electrons. The summed E-state index contributed by atoms with van der Waals surface area (Å²) >= 11 is 5.92. The molecule has 0 aromatic rings. The van der Waals surface area contributed by atoms with Crippen LogP contribution < -0.4 is 5.32 Å². The molecular weight excluding hydrogens is 198 g/mol. The first-order valence-electron chi connectivity index (χ1n) is 5.47. The van der Waals surface area contributed by atoms with Crippen LogP contribution in [0.5, 0.6) is 0 Å². The Morgan fingerprint density at radius 2 is 2.00 bits per heavy atom. The van der Waals surface area contributed by atoms with E-state index in [0.29, 0.717) is 18.9 Å². The molecule has 0 aliphatic heterocycles. The van der Waals surface area contributed by atoms with E-state index in [0.717, 1.165) is 19.3 Å². The van der Waals surface area contributed by atoms with Gasteiger partial charge < -0.3 is 5.32 Å². The second kappa shape index (κ2) is 8.10. The second-order valence-corrected chi connectivity index (χ2v) is 4.69. The summed E-state index contributed by atoms with van der Waals surface area (Å²) in [6.45, 7) is 7.01. The largest absolute Gasteiger partial charge is 0.356 e. The number of hydrogen-bond donors (Lipinski definition) is 1. The average Bonchev–Trinajstić information content (AvgIpc) is 2.14. The summed E-state index contributed by atoms with van der Waals surface area (Å²) < 4.78 is 0. The van der Waals surface area contributed by atoms with E-state index in [2.05, 4.69) is 26.1 Å². The zero-order valence-electron chi connectivity index (χ0n) is 9.48. The van der Waals surface area contributed by atoms with Gasteiger partial charge in [-0.05, 0) is 25.2 Å². The van der Waals surface area contributed by atoms with Gasteiger partial charge >= 0.3 is 0 Å². The number of amides is 1. The molecule has 0 aliphatic carbocycles. The summed E-state index contributed by atoms with van der Waals surface area (Å²) in [5.74, 6) is 0.746. The molecular formula is C11H22ClNO. The maximum atomic E-state index is 11.3. The van der Waals surface area contributed by atoms with Crippen LogP contribution in [0, 0.1) is 5.92 Å². The van der Waals surface area contributed by atoms with Gasteiger partial charge in [-0.1, -0.05) is 20.8 Å². The van der Waals surface area contributed by atoms with Crippen molar-refractivity contribution in [3.05, 3.63) is 0 Å². The van der Waals surface area contributed by atoms with Crippen molar-refractivity contribution in [3.8, 4) is 0 Å². The molecule has 0 aromatic carbocycles. The van der Waals surface area contributed by atoms with Crippen LogP contribution in [0.4, 0.5) is 0 Å². The van der Waals surface area contributed by atoms with Crippen LogP contribution in [0.3, 0.4) is 0 Å². The Morgan fingerprint density at radius 3 is 2.50 bits per heavy atom.